The van der Waals surface area contributed by atoms with Crippen LogP contribution >= 0.6 is 23.2 Å². The van der Waals surface area contributed by atoms with Crippen LogP contribution in [0, 0.1) is 0 Å². The number of imidazole rings is 1. The van der Waals surface area contributed by atoms with Gasteiger partial charge in [-0.05, 0) is 36.4 Å². The molecule has 10 heteroatoms. The van der Waals surface area contributed by atoms with E-state index in [4.69, 9.17) is 28.3 Å². The summed E-state index contributed by atoms with van der Waals surface area (Å²) in [5.74, 6) is -0.377. The molecule has 0 fully saturated rings. The molecule has 8 nitrogen and oxygen atoms in total. The molecule has 160 valence electrons. The van der Waals surface area contributed by atoms with Crippen molar-refractivity contribution in [3.05, 3.63) is 87.4 Å². The molecule has 2 heterocycles. The highest BCUT2D eigenvalue weighted by Crippen LogP contribution is 2.46. The number of aromatic amines is 1. The Morgan fingerprint density at radius 2 is 1.78 bits per heavy atom. The highest BCUT2D eigenvalue weighted by molar-refractivity contribution is 6.35. The van der Waals surface area contributed by atoms with Crippen molar-refractivity contribution in [2.24, 2.45) is 0 Å². The fraction of sp³-hybridized carbons (Fsp3) is 0.0455. The van der Waals surface area contributed by atoms with Gasteiger partial charge in [0, 0.05) is 26.7 Å². The average Bonchev–Trinajstić information content (AvgIpc) is 3.23. The Hall–Kier alpha value is -3.59. The second kappa shape index (κ2) is 7.23. The Morgan fingerprint density at radius 3 is 2.50 bits per heavy atom. The van der Waals surface area contributed by atoms with Crippen molar-refractivity contribution in [3.63, 3.8) is 0 Å². The monoisotopic (exact) mass is 468 g/mol. The molecular weight excluding hydrogens is 455 g/mol. The van der Waals surface area contributed by atoms with Crippen LogP contribution in [0.2, 0.25) is 10.0 Å². The minimum atomic E-state index is -1.87. The van der Waals surface area contributed by atoms with Gasteiger partial charge in [0.25, 0.3) is 5.91 Å². The van der Waals surface area contributed by atoms with E-state index in [9.17, 15) is 14.7 Å². The molecule has 0 aliphatic carbocycles. The number of anilines is 2. The molecule has 1 aliphatic heterocycles. The normalized spacial score (nSPS) is 17.6. The molecule has 0 bridgehead atoms. The van der Waals surface area contributed by atoms with Gasteiger partial charge in [0.05, 0.1) is 16.7 Å². The van der Waals surface area contributed by atoms with Gasteiger partial charge in [0.1, 0.15) is 0 Å². The number of rotatable bonds is 3. The summed E-state index contributed by atoms with van der Waals surface area (Å²) in [6.45, 7) is 0. The Bertz CT molecular complexity index is 1400. The van der Waals surface area contributed by atoms with Crippen molar-refractivity contribution < 1.29 is 19.8 Å². The van der Waals surface area contributed by atoms with Crippen molar-refractivity contribution in [3.8, 4) is 0 Å². The van der Waals surface area contributed by atoms with Crippen molar-refractivity contribution >= 4 is 57.9 Å². The number of hydrogen-bond donors (Lipinski definition) is 4. The predicted octanol–water partition coefficient (Wildman–Crippen LogP) is 4.81. The maximum atomic E-state index is 13.4. The van der Waals surface area contributed by atoms with Crippen LogP contribution in [0.25, 0.3) is 11.0 Å². The number of aromatic nitrogens is 2. The van der Waals surface area contributed by atoms with Crippen LogP contribution in [0.3, 0.4) is 0 Å². The van der Waals surface area contributed by atoms with Gasteiger partial charge in [-0.25, -0.2) is 9.78 Å². The van der Waals surface area contributed by atoms with E-state index in [1.165, 1.54) is 11.0 Å². The van der Waals surface area contributed by atoms with Crippen molar-refractivity contribution in [2.45, 2.75) is 5.72 Å². The summed E-state index contributed by atoms with van der Waals surface area (Å²) in [7, 11) is 0. The number of halogens is 2. The number of aliphatic hydroxyl groups is 1. The Balaban J connectivity index is 1.72. The van der Waals surface area contributed by atoms with Gasteiger partial charge in [-0.15, -0.1) is 0 Å². The van der Waals surface area contributed by atoms with E-state index in [-0.39, 0.29) is 5.95 Å². The molecule has 0 radical (unpaired) electrons. The third-order valence-corrected chi connectivity index (χ3v) is 5.71. The first-order valence-electron chi connectivity index (χ1n) is 9.40. The van der Waals surface area contributed by atoms with Gasteiger partial charge < -0.3 is 15.2 Å². The number of carbonyl (C=O) groups is 2. The molecule has 1 atom stereocenters. The molecule has 0 saturated carbocycles. The topological polar surface area (TPSA) is 119 Å². The highest BCUT2D eigenvalue weighted by Gasteiger charge is 2.50. The van der Waals surface area contributed by atoms with Crippen LogP contribution in [0.4, 0.5) is 16.4 Å². The summed E-state index contributed by atoms with van der Waals surface area (Å²) in [4.78, 5) is 32.6. The van der Waals surface area contributed by atoms with E-state index in [1.54, 1.807) is 54.6 Å². The number of nitrogens with zero attached hydrogens (tertiary/aromatic N) is 2. The number of nitrogens with one attached hydrogen (secondary N) is 2. The maximum Gasteiger partial charge on any atom is 0.411 e. The van der Waals surface area contributed by atoms with Gasteiger partial charge in [-0.3, -0.25) is 15.0 Å². The Labute approximate surface area is 191 Å². The van der Waals surface area contributed by atoms with E-state index in [0.29, 0.717) is 43.5 Å². The quantitative estimate of drug-likeness (QED) is 0.343. The second-order valence-corrected chi connectivity index (χ2v) is 8.11. The Morgan fingerprint density at radius 1 is 1.06 bits per heavy atom. The van der Waals surface area contributed by atoms with Crippen LogP contribution in [-0.2, 0) is 5.72 Å². The van der Waals surface area contributed by atoms with Crippen molar-refractivity contribution in [1.29, 1.82) is 0 Å². The van der Waals surface area contributed by atoms with Crippen LogP contribution < -0.4 is 10.2 Å². The fourth-order valence-corrected chi connectivity index (χ4v) is 4.52. The number of hydrogen-bond acceptors (Lipinski definition) is 4. The maximum absolute atomic E-state index is 13.4. The predicted molar refractivity (Wildman–Crippen MR) is 120 cm³/mol. The van der Waals surface area contributed by atoms with Crippen LogP contribution in [0.5, 0.6) is 0 Å². The van der Waals surface area contributed by atoms with Gasteiger partial charge in [-0.2, -0.15) is 0 Å². The molecule has 1 aliphatic rings. The van der Waals surface area contributed by atoms with E-state index >= 15 is 0 Å². The van der Waals surface area contributed by atoms with E-state index in [1.807, 2.05) is 0 Å². The lowest BCUT2D eigenvalue weighted by Gasteiger charge is -2.35. The molecule has 2 amide bonds. The minimum absolute atomic E-state index is 0.0398. The molecule has 5 rings (SSSR count). The number of carboxylic acid groups (broad SMARTS) is 1. The lowest BCUT2D eigenvalue weighted by atomic mass is 9.93. The van der Waals surface area contributed by atoms with Crippen LogP contribution in [-0.4, -0.2) is 32.2 Å². The van der Waals surface area contributed by atoms with Gasteiger partial charge in [0.2, 0.25) is 5.95 Å². The average molecular weight is 469 g/mol. The van der Waals surface area contributed by atoms with Crippen molar-refractivity contribution in [2.75, 3.05) is 10.2 Å². The smallest absolute Gasteiger partial charge is 0.411 e. The van der Waals surface area contributed by atoms with Gasteiger partial charge >= 0.3 is 6.09 Å². The van der Waals surface area contributed by atoms with E-state index in [0.717, 1.165) is 0 Å². The molecule has 32 heavy (non-hydrogen) atoms. The summed E-state index contributed by atoms with van der Waals surface area (Å²) in [5, 5.41) is 23.8. The molecule has 1 unspecified atom stereocenters. The molecule has 0 spiro atoms. The molecule has 0 saturated heterocycles. The summed E-state index contributed by atoms with van der Waals surface area (Å²) >= 11 is 12.4. The largest absolute Gasteiger partial charge is 0.465 e. The first-order valence-corrected chi connectivity index (χ1v) is 10.2. The zero-order valence-corrected chi connectivity index (χ0v) is 17.6. The molecule has 1 aromatic heterocycles. The van der Waals surface area contributed by atoms with Gasteiger partial charge in [0.15, 0.2) is 5.72 Å². The summed E-state index contributed by atoms with van der Waals surface area (Å²) in [5.41, 5.74) is 0.500. The lowest BCUT2D eigenvalue weighted by molar-refractivity contribution is 0.0704. The molecule has 3 aromatic carbocycles. The van der Waals surface area contributed by atoms with E-state index in [2.05, 4.69) is 15.3 Å². The number of fused-ring (bicyclic) bond motifs is 2. The minimum Gasteiger partial charge on any atom is -0.465 e. The first kappa shape index (κ1) is 20.3. The molecule has 4 N–H and O–H groups in total. The van der Waals surface area contributed by atoms with Crippen LogP contribution in [0.15, 0.2) is 60.7 Å². The SMILES string of the molecule is O=C(O)Nc1nc2ccc(C3(O)c4ccccc4C(=O)N3c3cc(Cl)cc(Cl)c3)cc2[nH]1. The third-order valence-electron chi connectivity index (χ3n) is 5.28. The highest BCUT2D eigenvalue weighted by atomic mass is 35.5. The standard InChI is InChI=1S/C22H14Cl2N4O4/c23-12-8-13(24)10-14(9-12)28-19(29)15-3-1-2-4-16(15)22(28,32)11-5-6-17-18(7-11)26-20(25-17)27-21(30)31/h1-10,32H,(H,30,31)(H2,25,26,27). The summed E-state index contributed by atoms with van der Waals surface area (Å²) < 4.78 is 0. The zero-order chi connectivity index (χ0) is 22.6. The summed E-state index contributed by atoms with van der Waals surface area (Å²) in [6.07, 6.45) is -1.26. The summed E-state index contributed by atoms with van der Waals surface area (Å²) in [6, 6.07) is 16.3. The zero-order valence-electron chi connectivity index (χ0n) is 16.1. The number of amides is 2. The number of benzene rings is 3. The third kappa shape index (κ3) is 3.08. The fourth-order valence-electron chi connectivity index (χ4n) is 4.01. The van der Waals surface area contributed by atoms with E-state index < -0.39 is 17.7 Å². The number of carbonyl (C=O) groups excluding carboxylic acids is 1. The molecular formula is C22H14Cl2N4O4. The Kier molecular flexibility index (Phi) is 4.59. The second-order valence-electron chi connectivity index (χ2n) is 7.23. The number of H-pyrrole nitrogens is 1. The molecule has 4 aromatic rings. The van der Waals surface area contributed by atoms with Crippen molar-refractivity contribution in [1.82, 2.24) is 9.97 Å². The van der Waals surface area contributed by atoms with Crippen LogP contribution in [0.1, 0.15) is 21.5 Å². The lowest BCUT2D eigenvalue weighted by Crippen LogP contribution is -2.45. The first-order chi connectivity index (χ1) is 15.3. The van der Waals surface area contributed by atoms with Gasteiger partial charge in [-0.1, -0.05) is 47.5 Å².